The summed E-state index contributed by atoms with van der Waals surface area (Å²) in [7, 11) is 0. The fourth-order valence-corrected chi connectivity index (χ4v) is 2.61. The molecule has 4 nitrogen and oxygen atoms in total. The minimum absolute atomic E-state index is 0.0928. The third kappa shape index (κ3) is 6.56. The molecule has 1 aliphatic rings. The second-order valence-electron chi connectivity index (χ2n) is 5.46. The number of carbonyl (C=O) groups is 1. The van der Waals surface area contributed by atoms with Gasteiger partial charge in [-0.1, -0.05) is 19.3 Å². The van der Waals surface area contributed by atoms with Crippen LogP contribution in [0.2, 0.25) is 0 Å². The van der Waals surface area contributed by atoms with E-state index in [1.165, 1.54) is 6.42 Å². The lowest BCUT2D eigenvalue weighted by atomic mass is 9.72. The van der Waals surface area contributed by atoms with Crippen LogP contribution in [0, 0.1) is 5.41 Å². The van der Waals surface area contributed by atoms with Crippen molar-refractivity contribution in [1.29, 1.82) is 0 Å². The molecule has 1 rings (SSSR count). The summed E-state index contributed by atoms with van der Waals surface area (Å²) in [4.78, 5) is 11.8. The molecule has 7 heteroatoms. The Morgan fingerprint density at radius 3 is 2.45 bits per heavy atom. The van der Waals surface area contributed by atoms with Gasteiger partial charge in [-0.05, 0) is 24.8 Å². The van der Waals surface area contributed by atoms with Crippen molar-refractivity contribution in [1.82, 2.24) is 5.32 Å². The zero-order valence-electron chi connectivity index (χ0n) is 11.6. The highest BCUT2D eigenvalue weighted by molar-refractivity contribution is 5.76. The molecule has 0 aromatic carbocycles. The number of hydrogen-bond acceptors (Lipinski definition) is 3. The van der Waals surface area contributed by atoms with Crippen molar-refractivity contribution in [3.63, 3.8) is 0 Å². The molecule has 118 valence electrons. The van der Waals surface area contributed by atoms with E-state index >= 15 is 0 Å². The summed E-state index contributed by atoms with van der Waals surface area (Å²) in [5.41, 5.74) is 5.65. The predicted molar refractivity (Wildman–Crippen MR) is 69.1 cm³/mol. The molecular weight excluding hydrogens is 273 g/mol. The van der Waals surface area contributed by atoms with Gasteiger partial charge in [-0.3, -0.25) is 4.79 Å². The number of ether oxygens (including phenoxy) is 1. The molecular formula is C13H23F3N2O2. The first-order valence-corrected chi connectivity index (χ1v) is 6.98. The van der Waals surface area contributed by atoms with Crippen LogP contribution in [-0.4, -0.2) is 38.4 Å². The van der Waals surface area contributed by atoms with Crippen LogP contribution in [0.5, 0.6) is 0 Å². The Morgan fingerprint density at radius 2 is 1.90 bits per heavy atom. The molecule has 0 spiro atoms. The largest absolute Gasteiger partial charge is 0.411 e. The number of alkyl halides is 3. The van der Waals surface area contributed by atoms with Gasteiger partial charge >= 0.3 is 6.18 Å². The molecule has 20 heavy (non-hydrogen) atoms. The topological polar surface area (TPSA) is 64.4 Å². The standard InChI is InChI=1S/C13H23F3N2O2/c14-13(15,16)10-20-7-6-18-11(19)8-12(9-17)4-2-1-3-5-12/h1-10,17H2,(H,18,19). The smallest absolute Gasteiger partial charge is 0.370 e. The Kier molecular flexibility index (Phi) is 6.75. The zero-order valence-corrected chi connectivity index (χ0v) is 11.6. The Hall–Kier alpha value is -0.820. The lowest BCUT2D eigenvalue weighted by Crippen LogP contribution is -2.39. The Morgan fingerprint density at radius 1 is 1.25 bits per heavy atom. The molecule has 1 saturated carbocycles. The van der Waals surface area contributed by atoms with Crippen molar-refractivity contribution >= 4 is 5.91 Å². The van der Waals surface area contributed by atoms with E-state index < -0.39 is 12.8 Å². The van der Waals surface area contributed by atoms with E-state index in [0.717, 1.165) is 25.7 Å². The Bertz CT molecular complexity index is 302. The van der Waals surface area contributed by atoms with Gasteiger partial charge < -0.3 is 15.8 Å². The monoisotopic (exact) mass is 296 g/mol. The molecule has 0 aromatic heterocycles. The molecule has 0 heterocycles. The van der Waals surface area contributed by atoms with E-state index in [4.69, 9.17) is 5.73 Å². The van der Waals surface area contributed by atoms with Gasteiger partial charge in [-0.2, -0.15) is 13.2 Å². The summed E-state index contributed by atoms with van der Waals surface area (Å²) in [5.74, 6) is -0.159. The average molecular weight is 296 g/mol. The maximum absolute atomic E-state index is 11.8. The lowest BCUT2D eigenvalue weighted by Gasteiger charge is -2.35. The van der Waals surface area contributed by atoms with Crippen LogP contribution in [-0.2, 0) is 9.53 Å². The average Bonchev–Trinajstić information content (AvgIpc) is 2.38. The summed E-state index contributed by atoms with van der Waals surface area (Å²) in [6, 6.07) is 0. The highest BCUT2D eigenvalue weighted by Crippen LogP contribution is 2.38. The minimum Gasteiger partial charge on any atom is -0.370 e. The van der Waals surface area contributed by atoms with Crippen LogP contribution in [0.15, 0.2) is 0 Å². The summed E-state index contributed by atoms with van der Waals surface area (Å²) in [5, 5.41) is 2.59. The third-order valence-corrected chi connectivity index (χ3v) is 3.72. The van der Waals surface area contributed by atoms with E-state index in [2.05, 4.69) is 10.1 Å². The van der Waals surface area contributed by atoms with E-state index in [1.807, 2.05) is 0 Å². The Balaban J connectivity index is 2.19. The summed E-state index contributed by atoms with van der Waals surface area (Å²) in [6.07, 6.45) is 1.26. The molecule has 0 bridgehead atoms. The molecule has 0 radical (unpaired) electrons. The summed E-state index contributed by atoms with van der Waals surface area (Å²) in [6.45, 7) is -0.850. The van der Waals surface area contributed by atoms with Crippen LogP contribution in [0.3, 0.4) is 0 Å². The van der Waals surface area contributed by atoms with Crippen LogP contribution < -0.4 is 11.1 Å². The van der Waals surface area contributed by atoms with E-state index in [9.17, 15) is 18.0 Å². The molecule has 1 aliphatic carbocycles. The van der Waals surface area contributed by atoms with E-state index in [0.29, 0.717) is 13.0 Å². The first-order valence-electron chi connectivity index (χ1n) is 6.98. The van der Waals surface area contributed by atoms with Gasteiger partial charge in [0.2, 0.25) is 5.91 Å². The summed E-state index contributed by atoms with van der Waals surface area (Å²) < 4.78 is 39.9. The fourth-order valence-electron chi connectivity index (χ4n) is 2.61. The van der Waals surface area contributed by atoms with Gasteiger partial charge in [-0.25, -0.2) is 0 Å². The molecule has 1 fully saturated rings. The van der Waals surface area contributed by atoms with Crippen LogP contribution >= 0.6 is 0 Å². The van der Waals surface area contributed by atoms with Crippen molar-refractivity contribution in [2.24, 2.45) is 11.1 Å². The molecule has 0 saturated heterocycles. The SMILES string of the molecule is NCC1(CC(=O)NCCOCC(F)(F)F)CCCCC1. The number of halogens is 3. The van der Waals surface area contributed by atoms with Crippen LogP contribution in [0.1, 0.15) is 38.5 Å². The Labute approximate surface area is 117 Å². The molecule has 0 unspecified atom stereocenters. The number of carbonyl (C=O) groups excluding carboxylic acids is 1. The van der Waals surface area contributed by atoms with Gasteiger partial charge in [0.05, 0.1) is 6.61 Å². The highest BCUT2D eigenvalue weighted by Gasteiger charge is 2.32. The van der Waals surface area contributed by atoms with Crippen LogP contribution in [0.4, 0.5) is 13.2 Å². The van der Waals surface area contributed by atoms with Gasteiger partial charge in [-0.15, -0.1) is 0 Å². The van der Waals surface area contributed by atoms with Crippen LogP contribution in [0.25, 0.3) is 0 Å². The first-order chi connectivity index (χ1) is 9.37. The van der Waals surface area contributed by atoms with Crippen molar-refractivity contribution in [3.05, 3.63) is 0 Å². The van der Waals surface area contributed by atoms with E-state index in [-0.39, 0.29) is 24.5 Å². The van der Waals surface area contributed by atoms with Crippen molar-refractivity contribution in [2.45, 2.75) is 44.7 Å². The third-order valence-electron chi connectivity index (χ3n) is 3.72. The molecule has 3 N–H and O–H groups in total. The summed E-state index contributed by atoms with van der Waals surface area (Å²) >= 11 is 0. The maximum Gasteiger partial charge on any atom is 0.411 e. The van der Waals surface area contributed by atoms with Gasteiger partial charge in [0, 0.05) is 13.0 Å². The second-order valence-corrected chi connectivity index (χ2v) is 5.46. The minimum atomic E-state index is -4.32. The second kappa shape index (κ2) is 7.83. The first kappa shape index (κ1) is 17.2. The molecule has 0 aliphatic heterocycles. The normalized spacial score (nSPS) is 18.8. The zero-order chi connectivity index (χ0) is 15.1. The number of hydrogen-bond donors (Lipinski definition) is 2. The maximum atomic E-state index is 11.8. The fraction of sp³-hybridized carbons (Fsp3) is 0.923. The number of rotatable bonds is 7. The number of nitrogens with two attached hydrogens (primary N) is 1. The number of nitrogens with one attached hydrogen (secondary N) is 1. The molecule has 0 atom stereocenters. The van der Waals surface area contributed by atoms with Crippen molar-refractivity contribution in [3.8, 4) is 0 Å². The quantitative estimate of drug-likeness (QED) is 0.706. The van der Waals surface area contributed by atoms with Gasteiger partial charge in [0.15, 0.2) is 0 Å². The predicted octanol–water partition coefficient (Wildman–Crippen LogP) is 1.98. The van der Waals surface area contributed by atoms with Gasteiger partial charge in [0.1, 0.15) is 6.61 Å². The van der Waals surface area contributed by atoms with E-state index in [1.54, 1.807) is 0 Å². The van der Waals surface area contributed by atoms with Crippen molar-refractivity contribution in [2.75, 3.05) is 26.3 Å². The lowest BCUT2D eigenvalue weighted by molar-refractivity contribution is -0.173. The highest BCUT2D eigenvalue weighted by atomic mass is 19.4. The molecule has 0 aromatic rings. The van der Waals surface area contributed by atoms with Crippen molar-refractivity contribution < 1.29 is 22.7 Å². The molecule has 1 amide bonds. The van der Waals surface area contributed by atoms with Gasteiger partial charge in [0.25, 0.3) is 0 Å². The number of amides is 1.